The molecule has 2 fully saturated rings. The maximum atomic E-state index is 3.52. The molecule has 0 nitrogen and oxygen atoms in total. The molecule has 0 aromatic rings. The van der Waals surface area contributed by atoms with E-state index in [-0.39, 0.29) is 50.7 Å². The molecule has 2 aliphatic heterocycles. The van der Waals surface area contributed by atoms with E-state index in [0.29, 0.717) is 0 Å². The van der Waals surface area contributed by atoms with Crippen LogP contribution in [0.15, 0.2) is 34.7 Å². The molecule has 136 valence electrons. The van der Waals surface area contributed by atoms with E-state index < -0.39 is 16.1 Å². The first kappa shape index (κ1) is 25.8. The summed E-state index contributed by atoms with van der Waals surface area (Å²) in [6.07, 6.45) is 21.4. The molecular formula is C20H30Cl2HfSi2. The average Bonchev–Trinajstić information content (AvgIpc) is 3.11. The first-order valence-corrected chi connectivity index (χ1v) is 14.5. The van der Waals surface area contributed by atoms with Crippen LogP contribution in [0.4, 0.5) is 0 Å². The first-order chi connectivity index (χ1) is 10.7. The maximum absolute atomic E-state index is 3.52. The first-order valence-electron chi connectivity index (χ1n) is 9.30. The van der Waals surface area contributed by atoms with Gasteiger partial charge in [-0.15, -0.1) is 12.8 Å². The molecule has 5 heteroatoms. The largest absolute Gasteiger partial charge is 4.00 e. The standard InChI is InChI=1S/2C10H15Si.2ClH.Hf/c2*1-2-11(8-5-9-11)10-6-3-4-7-10;;;/h2*3,6H,2,4-5,8-9H2,1H3;2*1H;/q2*-1;;;+4/p-2. The molecule has 0 atom stereocenters. The van der Waals surface area contributed by atoms with E-state index in [1.807, 2.05) is 0 Å². The van der Waals surface area contributed by atoms with Crippen LogP contribution in [0.25, 0.3) is 0 Å². The fourth-order valence-corrected chi connectivity index (χ4v) is 11.9. The summed E-state index contributed by atoms with van der Waals surface area (Å²) in [6, 6.07) is 9.04. The zero-order valence-corrected chi connectivity index (χ0v) is 22.7. The Labute approximate surface area is 188 Å². The average molecular weight is 576 g/mol. The molecule has 0 bridgehead atoms. The van der Waals surface area contributed by atoms with Crippen LogP contribution in [0.2, 0.25) is 36.3 Å². The molecule has 0 unspecified atom stereocenters. The zero-order chi connectivity index (χ0) is 15.5. The molecule has 0 spiro atoms. The van der Waals surface area contributed by atoms with Gasteiger partial charge in [0.1, 0.15) is 0 Å². The quantitative estimate of drug-likeness (QED) is 0.332. The van der Waals surface area contributed by atoms with E-state index in [1.54, 1.807) is 10.4 Å². The van der Waals surface area contributed by atoms with Crippen LogP contribution in [0.3, 0.4) is 0 Å². The molecular weight excluding hydrogens is 546 g/mol. The van der Waals surface area contributed by atoms with Crippen molar-refractivity contribution in [3.63, 3.8) is 0 Å². The van der Waals surface area contributed by atoms with Crippen LogP contribution in [0, 0.1) is 12.2 Å². The second kappa shape index (κ2) is 11.6. The van der Waals surface area contributed by atoms with Gasteiger partial charge in [0, 0.05) is 16.1 Å². The van der Waals surface area contributed by atoms with Gasteiger partial charge in [-0.2, -0.15) is 12.2 Å². The summed E-state index contributed by atoms with van der Waals surface area (Å²) in [5, 5.41) is 3.29. The van der Waals surface area contributed by atoms with Crippen molar-refractivity contribution in [1.29, 1.82) is 0 Å². The molecule has 25 heavy (non-hydrogen) atoms. The summed E-state index contributed by atoms with van der Waals surface area (Å²) in [5.41, 5.74) is 0. The van der Waals surface area contributed by atoms with Crippen molar-refractivity contribution in [2.24, 2.45) is 0 Å². The number of halogens is 2. The third-order valence-electron chi connectivity index (χ3n) is 6.51. The number of hydrogen-bond donors (Lipinski definition) is 0. The van der Waals surface area contributed by atoms with Crippen molar-refractivity contribution in [2.75, 3.05) is 0 Å². The number of rotatable bonds is 4. The SMILES string of the molecule is CC[Si]1(C2=[C-]CC=C2)CCC1.CC[Si]1(C2=[C-]CC=C2)CCC1.[Cl-].[Cl-].[Hf+4]. The summed E-state index contributed by atoms with van der Waals surface area (Å²) in [4.78, 5) is 0. The van der Waals surface area contributed by atoms with E-state index in [9.17, 15) is 0 Å². The molecule has 2 aliphatic carbocycles. The number of allylic oxidation sites excluding steroid dienone is 8. The van der Waals surface area contributed by atoms with Gasteiger partial charge in [-0.05, 0) is 0 Å². The van der Waals surface area contributed by atoms with Crippen LogP contribution >= 0.6 is 0 Å². The van der Waals surface area contributed by atoms with E-state index in [4.69, 9.17) is 0 Å². The van der Waals surface area contributed by atoms with Gasteiger partial charge in [-0.25, -0.2) is 22.5 Å². The summed E-state index contributed by atoms with van der Waals surface area (Å²) in [7, 11) is -1.73. The minimum absolute atomic E-state index is 0. The minimum atomic E-state index is -0.865. The van der Waals surface area contributed by atoms with Gasteiger partial charge in [0.05, 0.1) is 0 Å². The van der Waals surface area contributed by atoms with Crippen molar-refractivity contribution in [3.05, 3.63) is 46.8 Å². The third-order valence-corrected chi connectivity index (χ3v) is 17.4. The molecule has 0 radical (unpaired) electrons. The normalized spacial score (nSPS) is 23.3. The molecule has 2 saturated heterocycles. The Hall–Kier alpha value is 0.844. The van der Waals surface area contributed by atoms with Crippen molar-refractivity contribution in [2.45, 2.75) is 75.8 Å². The molecule has 0 aromatic carbocycles. The van der Waals surface area contributed by atoms with Crippen molar-refractivity contribution in [3.8, 4) is 0 Å². The van der Waals surface area contributed by atoms with Crippen molar-refractivity contribution < 1.29 is 50.7 Å². The summed E-state index contributed by atoms with van der Waals surface area (Å²) < 4.78 is 0. The second-order valence-electron chi connectivity index (χ2n) is 7.37. The van der Waals surface area contributed by atoms with Gasteiger partial charge in [0.25, 0.3) is 0 Å². The summed E-state index contributed by atoms with van der Waals surface area (Å²) in [6.45, 7) is 4.73. The predicted octanol–water partition coefficient (Wildman–Crippen LogP) is 0.180. The Morgan fingerprint density at radius 2 is 1.12 bits per heavy atom. The monoisotopic (exact) mass is 576 g/mol. The third kappa shape index (κ3) is 5.43. The molecule has 0 amide bonds. The van der Waals surface area contributed by atoms with E-state index in [0.717, 1.165) is 12.8 Å². The Morgan fingerprint density at radius 1 is 0.760 bits per heavy atom. The maximum Gasteiger partial charge on any atom is 4.00 e. The van der Waals surface area contributed by atoms with Crippen LogP contribution in [-0.2, 0) is 25.8 Å². The Bertz CT molecular complexity index is 471. The van der Waals surface area contributed by atoms with Crippen LogP contribution in [0.1, 0.15) is 39.5 Å². The van der Waals surface area contributed by atoms with Gasteiger partial charge in [-0.1, -0.05) is 63.0 Å². The van der Waals surface area contributed by atoms with Gasteiger partial charge >= 0.3 is 25.8 Å². The Balaban J connectivity index is 0.000000411. The van der Waals surface area contributed by atoms with Gasteiger partial charge in [0.15, 0.2) is 0 Å². The van der Waals surface area contributed by atoms with Gasteiger partial charge in [-0.3, -0.25) is 12.2 Å². The van der Waals surface area contributed by atoms with Crippen molar-refractivity contribution in [1.82, 2.24) is 0 Å². The van der Waals surface area contributed by atoms with E-state index in [2.05, 4.69) is 50.3 Å². The number of hydrogen-bond acceptors (Lipinski definition) is 0. The van der Waals surface area contributed by atoms with E-state index >= 15 is 0 Å². The fourth-order valence-electron chi connectivity index (χ4n) is 4.37. The van der Waals surface area contributed by atoms with Crippen molar-refractivity contribution >= 4 is 16.1 Å². The Kier molecular flexibility index (Phi) is 12.0. The van der Waals surface area contributed by atoms with Crippen LogP contribution in [0.5, 0.6) is 0 Å². The zero-order valence-electron chi connectivity index (χ0n) is 15.6. The molecule has 0 saturated carbocycles. The van der Waals surface area contributed by atoms with Gasteiger partial charge < -0.3 is 24.8 Å². The van der Waals surface area contributed by atoms with E-state index in [1.165, 1.54) is 49.1 Å². The molecule has 0 N–H and O–H groups in total. The predicted molar refractivity (Wildman–Crippen MR) is 102 cm³/mol. The summed E-state index contributed by atoms with van der Waals surface area (Å²) >= 11 is 0. The molecule has 2 heterocycles. The topological polar surface area (TPSA) is 0 Å². The Morgan fingerprint density at radius 3 is 1.28 bits per heavy atom. The van der Waals surface area contributed by atoms with Crippen LogP contribution in [-0.4, -0.2) is 16.1 Å². The second-order valence-corrected chi connectivity index (χ2v) is 17.0. The molecule has 4 aliphatic rings. The molecule has 4 rings (SSSR count). The van der Waals surface area contributed by atoms with Gasteiger partial charge in [0.2, 0.25) is 0 Å². The van der Waals surface area contributed by atoms with Crippen LogP contribution < -0.4 is 24.8 Å². The smallest absolute Gasteiger partial charge is 1.00 e. The molecule has 0 aromatic heterocycles. The summed E-state index contributed by atoms with van der Waals surface area (Å²) in [5.74, 6) is 0. The minimum Gasteiger partial charge on any atom is -1.00 e. The fraction of sp³-hybridized carbons (Fsp3) is 0.600.